The molecule has 2 rings (SSSR count). The minimum absolute atomic E-state index is 0.0297. The van der Waals surface area contributed by atoms with Crippen LogP contribution in [-0.2, 0) is 9.53 Å². The molecule has 1 aromatic rings. The van der Waals surface area contributed by atoms with E-state index in [1.54, 1.807) is 31.3 Å². The average Bonchev–Trinajstić information content (AvgIpc) is 2.69. The number of amides is 1. The molecule has 8 heteroatoms. The molecular formula is C19H27ClN4O3. The van der Waals surface area contributed by atoms with Crippen molar-refractivity contribution in [3.8, 4) is 0 Å². The monoisotopic (exact) mass is 394 g/mol. The highest BCUT2D eigenvalue weighted by Gasteiger charge is 2.27. The van der Waals surface area contributed by atoms with Gasteiger partial charge >= 0.3 is 5.97 Å². The number of carbonyl (C=O) groups is 2. The van der Waals surface area contributed by atoms with Crippen molar-refractivity contribution in [3.63, 3.8) is 0 Å². The van der Waals surface area contributed by atoms with E-state index in [-0.39, 0.29) is 17.8 Å². The van der Waals surface area contributed by atoms with Crippen LogP contribution in [0.5, 0.6) is 0 Å². The number of hydrogen-bond donors (Lipinski definition) is 2. The van der Waals surface area contributed by atoms with Crippen LogP contribution < -0.4 is 10.6 Å². The standard InChI is InChI=1S/C19H27ClN4O3/c1-3-27-18(26)15-8-12-24(13-9-15)19(21-2)23-11-10-22-17(25)14-4-6-16(20)7-5-14/h4-7,15H,3,8-13H2,1-2H3,(H,21,23)(H,22,25). The highest BCUT2D eigenvalue weighted by Crippen LogP contribution is 2.18. The number of hydrogen-bond acceptors (Lipinski definition) is 4. The van der Waals surface area contributed by atoms with E-state index < -0.39 is 0 Å². The van der Waals surface area contributed by atoms with E-state index in [1.807, 2.05) is 6.92 Å². The lowest BCUT2D eigenvalue weighted by atomic mass is 9.97. The Morgan fingerprint density at radius 1 is 1.19 bits per heavy atom. The lowest BCUT2D eigenvalue weighted by molar-refractivity contribution is -0.149. The van der Waals surface area contributed by atoms with Crippen LogP contribution in [0.3, 0.4) is 0 Å². The Kier molecular flexibility index (Phi) is 8.39. The van der Waals surface area contributed by atoms with Crippen molar-refractivity contribution in [2.75, 3.05) is 39.8 Å². The van der Waals surface area contributed by atoms with E-state index in [9.17, 15) is 9.59 Å². The highest BCUT2D eigenvalue weighted by atomic mass is 35.5. The summed E-state index contributed by atoms with van der Waals surface area (Å²) in [6.07, 6.45) is 1.51. The molecule has 1 heterocycles. The van der Waals surface area contributed by atoms with Gasteiger partial charge in [0.25, 0.3) is 5.91 Å². The molecule has 0 aromatic heterocycles. The summed E-state index contributed by atoms with van der Waals surface area (Å²) in [5.41, 5.74) is 0.574. The maximum absolute atomic E-state index is 12.1. The summed E-state index contributed by atoms with van der Waals surface area (Å²) in [5, 5.41) is 6.71. The van der Waals surface area contributed by atoms with E-state index >= 15 is 0 Å². The van der Waals surface area contributed by atoms with Crippen LogP contribution in [0.15, 0.2) is 29.3 Å². The molecule has 1 aromatic carbocycles. The molecule has 7 nitrogen and oxygen atoms in total. The van der Waals surface area contributed by atoms with Crippen LogP contribution in [0, 0.1) is 5.92 Å². The van der Waals surface area contributed by atoms with Crippen molar-refractivity contribution < 1.29 is 14.3 Å². The van der Waals surface area contributed by atoms with Crippen LogP contribution in [0.25, 0.3) is 0 Å². The van der Waals surface area contributed by atoms with Gasteiger partial charge in [-0.05, 0) is 44.0 Å². The van der Waals surface area contributed by atoms with Gasteiger partial charge in [-0.15, -0.1) is 0 Å². The second-order valence-electron chi connectivity index (χ2n) is 6.25. The second kappa shape index (κ2) is 10.8. The number of benzene rings is 1. The molecule has 1 aliphatic rings. The molecule has 0 unspecified atom stereocenters. The zero-order valence-corrected chi connectivity index (χ0v) is 16.6. The third kappa shape index (κ3) is 6.43. The summed E-state index contributed by atoms with van der Waals surface area (Å²) in [5.74, 6) is 0.500. The van der Waals surface area contributed by atoms with Gasteiger partial charge in [0, 0.05) is 43.8 Å². The van der Waals surface area contributed by atoms with Crippen LogP contribution >= 0.6 is 11.6 Å². The number of halogens is 1. The van der Waals surface area contributed by atoms with Gasteiger partial charge in [0.15, 0.2) is 5.96 Å². The van der Waals surface area contributed by atoms with Gasteiger partial charge in [-0.2, -0.15) is 0 Å². The Morgan fingerprint density at radius 3 is 2.41 bits per heavy atom. The van der Waals surface area contributed by atoms with E-state index in [0.29, 0.717) is 30.3 Å². The Morgan fingerprint density at radius 2 is 1.81 bits per heavy atom. The molecule has 1 aliphatic heterocycles. The van der Waals surface area contributed by atoms with Gasteiger partial charge < -0.3 is 20.3 Å². The van der Waals surface area contributed by atoms with Gasteiger partial charge in [0.2, 0.25) is 0 Å². The summed E-state index contributed by atoms with van der Waals surface area (Å²) < 4.78 is 5.10. The maximum Gasteiger partial charge on any atom is 0.309 e. The fourth-order valence-electron chi connectivity index (χ4n) is 2.97. The molecule has 148 valence electrons. The molecule has 0 aliphatic carbocycles. The van der Waals surface area contributed by atoms with Crippen LogP contribution in [0.1, 0.15) is 30.1 Å². The number of piperidine rings is 1. The third-order valence-electron chi connectivity index (χ3n) is 4.43. The van der Waals surface area contributed by atoms with Gasteiger partial charge in [-0.3, -0.25) is 14.6 Å². The van der Waals surface area contributed by atoms with Crippen molar-refractivity contribution in [3.05, 3.63) is 34.9 Å². The van der Waals surface area contributed by atoms with Crippen molar-refractivity contribution in [1.82, 2.24) is 15.5 Å². The van der Waals surface area contributed by atoms with E-state index in [0.717, 1.165) is 31.9 Å². The lowest BCUT2D eigenvalue weighted by Crippen LogP contribution is -2.48. The molecule has 1 fully saturated rings. The molecular weight excluding hydrogens is 368 g/mol. The van der Waals surface area contributed by atoms with Crippen LogP contribution in [-0.4, -0.2) is 62.6 Å². The smallest absolute Gasteiger partial charge is 0.309 e. The predicted molar refractivity (Wildman–Crippen MR) is 106 cm³/mol. The molecule has 0 spiro atoms. The van der Waals surface area contributed by atoms with Crippen LogP contribution in [0.4, 0.5) is 0 Å². The summed E-state index contributed by atoms with van der Waals surface area (Å²) in [4.78, 5) is 30.3. The van der Waals surface area contributed by atoms with Gasteiger partial charge in [-0.25, -0.2) is 0 Å². The molecule has 0 radical (unpaired) electrons. The van der Waals surface area contributed by atoms with Crippen molar-refractivity contribution >= 4 is 29.4 Å². The predicted octanol–water partition coefficient (Wildman–Crippen LogP) is 1.92. The Balaban J connectivity index is 1.71. The largest absolute Gasteiger partial charge is 0.466 e. The minimum Gasteiger partial charge on any atom is -0.466 e. The molecule has 0 bridgehead atoms. The van der Waals surface area contributed by atoms with Gasteiger partial charge in [-0.1, -0.05) is 11.6 Å². The molecule has 2 N–H and O–H groups in total. The number of guanidine groups is 1. The number of carbonyl (C=O) groups excluding carboxylic acids is 2. The van der Waals surface area contributed by atoms with Crippen molar-refractivity contribution in [1.29, 1.82) is 0 Å². The summed E-state index contributed by atoms with van der Waals surface area (Å²) in [6.45, 7) is 4.78. The topological polar surface area (TPSA) is 83.0 Å². The van der Waals surface area contributed by atoms with E-state index in [2.05, 4.69) is 20.5 Å². The molecule has 0 atom stereocenters. The molecule has 1 saturated heterocycles. The zero-order valence-electron chi connectivity index (χ0n) is 15.8. The maximum atomic E-state index is 12.1. The quantitative estimate of drug-likeness (QED) is 0.333. The number of ether oxygens (including phenoxy) is 1. The number of aliphatic imine (C=N–C) groups is 1. The molecule has 0 saturated carbocycles. The molecule has 1 amide bonds. The zero-order chi connectivity index (χ0) is 19.6. The third-order valence-corrected chi connectivity index (χ3v) is 4.68. The Bertz CT molecular complexity index is 655. The minimum atomic E-state index is -0.140. The number of nitrogens with one attached hydrogen (secondary N) is 2. The van der Waals surface area contributed by atoms with Gasteiger partial charge in [0.1, 0.15) is 0 Å². The summed E-state index contributed by atoms with van der Waals surface area (Å²) in [7, 11) is 1.73. The highest BCUT2D eigenvalue weighted by molar-refractivity contribution is 6.30. The number of esters is 1. The van der Waals surface area contributed by atoms with E-state index in [1.165, 1.54) is 0 Å². The SMILES string of the molecule is CCOC(=O)C1CCN(C(=NC)NCCNC(=O)c2ccc(Cl)cc2)CC1. The fraction of sp³-hybridized carbons (Fsp3) is 0.526. The first-order valence-electron chi connectivity index (χ1n) is 9.21. The van der Waals surface area contributed by atoms with Crippen molar-refractivity contribution in [2.24, 2.45) is 10.9 Å². The van der Waals surface area contributed by atoms with Gasteiger partial charge in [0.05, 0.1) is 12.5 Å². The lowest BCUT2D eigenvalue weighted by Gasteiger charge is -2.33. The number of likely N-dealkylation sites (tertiary alicyclic amines) is 1. The summed E-state index contributed by atoms with van der Waals surface area (Å²) in [6, 6.07) is 6.77. The summed E-state index contributed by atoms with van der Waals surface area (Å²) >= 11 is 5.82. The van der Waals surface area contributed by atoms with Crippen LogP contribution in [0.2, 0.25) is 5.02 Å². The van der Waals surface area contributed by atoms with Crippen molar-refractivity contribution in [2.45, 2.75) is 19.8 Å². The first-order valence-corrected chi connectivity index (χ1v) is 9.59. The van der Waals surface area contributed by atoms with E-state index in [4.69, 9.17) is 16.3 Å². The average molecular weight is 395 g/mol. The normalized spacial score (nSPS) is 15.4. The Hall–Kier alpha value is -2.28. The Labute approximate surface area is 165 Å². The first-order chi connectivity index (χ1) is 13.0. The number of rotatable bonds is 6. The fourth-order valence-corrected chi connectivity index (χ4v) is 3.10. The molecule has 27 heavy (non-hydrogen) atoms. The second-order valence-corrected chi connectivity index (χ2v) is 6.69. The number of nitrogens with zero attached hydrogens (tertiary/aromatic N) is 2. The first kappa shape index (κ1) is 21.0.